The Bertz CT molecular complexity index is 1740. The van der Waals surface area contributed by atoms with E-state index in [2.05, 4.69) is 30.7 Å². The largest absolute Gasteiger partial charge is 0.489 e. The summed E-state index contributed by atoms with van der Waals surface area (Å²) in [5.41, 5.74) is 1.03. The minimum atomic E-state index is -0.467. The van der Waals surface area contributed by atoms with Crippen LogP contribution in [0.4, 0.5) is 29.7 Å². The number of alkyl carbamates (subject to hydrolysis) is 2. The van der Waals surface area contributed by atoms with E-state index in [4.69, 9.17) is 18.9 Å². The zero-order valence-corrected chi connectivity index (χ0v) is 39.6. The van der Waals surface area contributed by atoms with Crippen LogP contribution < -0.4 is 35.2 Å². The Labute approximate surface area is 375 Å². The SMILES string of the molecule is CC(C)(C)OC(=O)NC1CCC(=O)CC1.CC(C)Oc1cc(F)ccc1N1CCN(C2CCC(NC(=O)OC(C)(C)C)CC2)CC1.CC(C)Oc1cc(F)ccc1N1CCNCC1. The van der Waals surface area contributed by atoms with Gasteiger partial charge in [-0.25, -0.2) is 18.4 Å². The van der Waals surface area contributed by atoms with Gasteiger partial charge in [0, 0.05) is 95.5 Å². The number of hydrogen-bond acceptors (Lipinski definition) is 11. The molecule has 0 spiro atoms. The lowest BCUT2D eigenvalue weighted by Gasteiger charge is -2.43. The molecule has 4 fully saturated rings. The van der Waals surface area contributed by atoms with Crippen molar-refractivity contribution < 1.29 is 42.1 Å². The molecule has 0 unspecified atom stereocenters. The minimum Gasteiger partial charge on any atom is -0.489 e. The molecule has 2 amide bonds. The number of piperazine rings is 2. The van der Waals surface area contributed by atoms with Gasteiger partial charge in [0.2, 0.25) is 0 Å². The number of halogens is 2. The van der Waals surface area contributed by atoms with Crippen LogP contribution in [0.1, 0.15) is 121 Å². The van der Waals surface area contributed by atoms with E-state index in [9.17, 15) is 23.2 Å². The van der Waals surface area contributed by atoms with E-state index < -0.39 is 11.2 Å². The first-order valence-electron chi connectivity index (χ1n) is 23.0. The lowest BCUT2D eigenvalue weighted by Crippen LogP contribution is -2.52. The predicted molar refractivity (Wildman–Crippen MR) is 245 cm³/mol. The number of Topliss-reactive ketones (excluding diaryl/α,β-unsaturated/α-hetero) is 1. The molecule has 2 saturated carbocycles. The summed E-state index contributed by atoms with van der Waals surface area (Å²) in [6.45, 7) is 26.5. The highest BCUT2D eigenvalue weighted by atomic mass is 19.1. The van der Waals surface area contributed by atoms with Crippen LogP contribution >= 0.6 is 0 Å². The smallest absolute Gasteiger partial charge is 0.407 e. The molecule has 13 nitrogen and oxygen atoms in total. The van der Waals surface area contributed by atoms with E-state index in [0.717, 1.165) is 102 Å². The van der Waals surface area contributed by atoms with Crippen LogP contribution in [0.15, 0.2) is 36.4 Å². The summed E-state index contributed by atoms with van der Waals surface area (Å²) >= 11 is 0. The molecule has 15 heteroatoms. The molecule has 2 saturated heterocycles. The van der Waals surface area contributed by atoms with Gasteiger partial charge in [0.1, 0.15) is 40.1 Å². The molecule has 0 aromatic heterocycles. The lowest BCUT2D eigenvalue weighted by atomic mass is 9.90. The fraction of sp³-hybridized carbons (Fsp3) is 0.688. The topological polar surface area (TPSA) is 134 Å². The Morgan fingerprint density at radius 1 is 0.635 bits per heavy atom. The second-order valence-corrected chi connectivity index (χ2v) is 19.4. The van der Waals surface area contributed by atoms with Crippen molar-refractivity contribution in [2.24, 2.45) is 0 Å². The molecule has 2 aliphatic heterocycles. The van der Waals surface area contributed by atoms with Gasteiger partial charge < -0.3 is 44.7 Å². The molecular weight excluding hydrogens is 811 g/mol. The maximum atomic E-state index is 13.7. The fourth-order valence-electron chi connectivity index (χ4n) is 8.05. The van der Waals surface area contributed by atoms with E-state index in [0.29, 0.717) is 30.4 Å². The Balaban J connectivity index is 0.000000229. The third kappa shape index (κ3) is 18.7. The standard InChI is InChI=1S/C24H38FN3O3.C13H19FN2O.C11H19NO3/c1-17(2)30-22-16-18(25)6-11-21(22)28-14-12-27(13-15-28)20-9-7-19(8-10-20)26-23(29)31-24(3,4)5;1-10(2)17-13-9-11(14)3-4-12(13)16-7-5-15-6-8-16;1-11(2,3)15-10(14)12-8-4-6-9(13)7-5-8/h6,11,16-17,19-20H,7-10,12-15H2,1-5H3,(H,26,29);3-4,9-10,15H,5-8H2,1-2H3;8H,4-7H2,1-3H3,(H,12,14). The predicted octanol–water partition coefficient (Wildman–Crippen LogP) is 8.62. The number of ketones is 1. The van der Waals surface area contributed by atoms with Gasteiger partial charge in [-0.15, -0.1) is 0 Å². The van der Waals surface area contributed by atoms with E-state index >= 15 is 0 Å². The molecule has 2 aromatic carbocycles. The first-order valence-corrected chi connectivity index (χ1v) is 23.0. The Hall–Kier alpha value is -4.37. The van der Waals surface area contributed by atoms with Crippen molar-refractivity contribution in [3.05, 3.63) is 48.0 Å². The molecular formula is C48H76F2N6O7. The molecule has 0 bridgehead atoms. The number of carbonyl (C=O) groups is 3. The highest BCUT2D eigenvalue weighted by Gasteiger charge is 2.31. The molecule has 6 rings (SSSR count). The third-order valence-electron chi connectivity index (χ3n) is 10.9. The van der Waals surface area contributed by atoms with Gasteiger partial charge in [-0.3, -0.25) is 9.69 Å². The van der Waals surface area contributed by atoms with E-state index in [1.165, 1.54) is 24.3 Å². The minimum absolute atomic E-state index is 0.00585. The molecule has 3 N–H and O–H groups in total. The number of amides is 2. The van der Waals surface area contributed by atoms with Crippen LogP contribution in [0.25, 0.3) is 0 Å². The highest BCUT2D eigenvalue weighted by Crippen LogP contribution is 2.33. The number of anilines is 2. The van der Waals surface area contributed by atoms with Crippen molar-refractivity contribution in [2.45, 2.75) is 162 Å². The Morgan fingerprint density at radius 2 is 1.05 bits per heavy atom. The number of hydrogen-bond donors (Lipinski definition) is 3. The Kier molecular flexibility index (Phi) is 19.6. The normalized spacial score (nSPS) is 20.2. The quantitative estimate of drug-likeness (QED) is 0.224. The van der Waals surface area contributed by atoms with E-state index in [-0.39, 0.29) is 53.9 Å². The summed E-state index contributed by atoms with van der Waals surface area (Å²) in [5, 5.41) is 9.10. The van der Waals surface area contributed by atoms with Crippen molar-refractivity contribution in [1.29, 1.82) is 0 Å². The molecule has 354 valence electrons. The van der Waals surface area contributed by atoms with Crippen LogP contribution in [0, 0.1) is 11.6 Å². The number of ether oxygens (including phenoxy) is 4. The molecule has 0 atom stereocenters. The zero-order valence-electron chi connectivity index (χ0n) is 39.6. The van der Waals surface area contributed by atoms with Gasteiger partial charge in [0.05, 0.1) is 23.6 Å². The zero-order chi connectivity index (χ0) is 46.3. The van der Waals surface area contributed by atoms with Gasteiger partial charge >= 0.3 is 12.2 Å². The summed E-state index contributed by atoms with van der Waals surface area (Å²) in [5.74, 6) is 1.03. The highest BCUT2D eigenvalue weighted by molar-refractivity contribution is 5.79. The van der Waals surface area contributed by atoms with Crippen LogP contribution in [0.5, 0.6) is 11.5 Å². The van der Waals surface area contributed by atoms with Crippen LogP contribution in [0.2, 0.25) is 0 Å². The van der Waals surface area contributed by atoms with Crippen molar-refractivity contribution in [2.75, 3.05) is 62.2 Å². The maximum absolute atomic E-state index is 13.7. The Morgan fingerprint density at radius 3 is 1.46 bits per heavy atom. The molecule has 2 aliphatic carbocycles. The average molecular weight is 887 g/mol. The van der Waals surface area contributed by atoms with Gasteiger partial charge in [-0.05, 0) is 132 Å². The molecule has 4 aliphatic rings. The van der Waals surface area contributed by atoms with Crippen molar-refractivity contribution in [3.63, 3.8) is 0 Å². The van der Waals surface area contributed by atoms with Crippen LogP contribution in [0.3, 0.4) is 0 Å². The van der Waals surface area contributed by atoms with Gasteiger partial charge in [-0.1, -0.05) is 0 Å². The first-order chi connectivity index (χ1) is 29.6. The summed E-state index contributed by atoms with van der Waals surface area (Å²) in [6.07, 6.45) is 6.09. The second kappa shape index (κ2) is 24.1. The summed E-state index contributed by atoms with van der Waals surface area (Å²) in [4.78, 5) is 41.5. The summed E-state index contributed by atoms with van der Waals surface area (Å²) in [7, 11) is 0. The number of nitrogens with zero attached hydrogens (tertiary/aromatic N) is 3. The first kappa shape index (κ1) is 51.3. The summed E-state index contributed by atoms with van der Waals surface area (Å²) in [6, 6.07) is 10.4. The fourth-order valence-corrected chi connectivity index (χ4v) is 8.05. The van der Waals surface area contributed by atoms with Crippen molar-refractivity contribution >= 4 is 29.3 Å². The average Bonchev–Trinajstić information content (AvgIpc) is 3.18. The van der Waals surface area contributed by atoms with Crippen molar-refractivity contribution in [1.82, 2.24) is 20.9 Å². The third-order valence-corrected chi connectivity index (χ3v) is 10.9. The number of carbonyl (C=O) groups excluding carboxylic acids is 3. The number of rotatable bonds is 9. The van der Waals surface area contributed by atoms with Gasteiger partial charge in [-0.2, -0.15) is 0 Å². The lowest BCUT2D eigenvalue weighted by molar-refractivity contribution is -0.120. The van der Waals surface area contributed by atoms with Crippen LogP contribution in [-0.2, 0) is 14.3 Å². The van der Waals surface area contributed by atoms with E-state index in [1.54, 1.807) is 6.07 Å². The van der Waals surface area contributed by atoms with E-state index in [1.807, 2.05) is 75.3 Å². The molecule has 63 heavy (non-hydrogen) atoms. The second-order valence-electron chi connectivity index (χ2n) is 19.4. The maximum Gasteiger partial charge on any atom is 0.407 e. The van der Waals surface area contributed by atoms with Crippen LogP contribution in [-0.4, -0.2) is 117 Å². The van der Waals surface area contributed by atoms with Gasteiger partial charge in [0.25, 0.3) is 0 Å². The van der Waals surface area contributed by atoms with Crippen molar-refractivity contribution in [3.8, 4) is 11.5 Å². The summed E-state index contributed by atoms with van der Waals surface area (Å²) < 4.78 is 49.0. The van der Waals surface area contributed by atoms with Gasteiger partial charge in [0.15, 0.2) is 0 Å². The molecule has 0 radical (unpaired) electrons. The molecule has 2 aromatic rings. The molecule has 2 heterocycles. The number of nitrogens with one attached hydrogen (secondary N) is 3. The number of benzene rings is 2. The monoisotopic (exact) mass is 887 g/mol.